The number of nitrogens with two attached hydrogens (primary N) is 1. The van der Waals surface area contributed by atoms with E-state index in [1.165, 1.54) is 4.90 Å². The first-order valence-corrected chi connectivity index (χ1v) is 6.64. The number of anilines is 2. The molecule has 0 aliphatic carbocycles. The van der Waals surface area contributed by atoms with Gasteiger partial charge in [0.15, 0.2) is 0 Å². The summed E-state index contributed by atoms with van der Waals surface area (Å²) in [6, 6.07) is 17.8. The van der Waals surface area contributed by atoms with Gasteiger partial charge in [0.2, 0.25) is 0 Å². The van der Waals surface area contributed by atoms with E-state index in [4.69, 9.17) is 5.73 Å². The molecule has 0 spiro atoms. The number of urea groups is 2. The van der Waals surface area contributed by atoms with Crippen molar-refractivity contribution in [3.63, 3.8) is 0 Å². The quantitative estimate of drug-likeness (QED) is 0.796. The van der Waals surface area contributed by atoms with E-state index in [2.05, 4.69) is 10.6 Å². The van der Waals surface area contributed by atoms with Gasteiger partial charge < -0.3 is 21.3 Å². The molecule has 2 aromatic carbocycles. The van der Waals surface area contributed by atoms with Crippen LogP contribution in [0.3, 0.4) is 0 Å². The summed E-state index contributed by atoms with van der Waals surface area (Å²) in [5, 5.41) is 5.17. The standard InChI is InChI=1S/C9H12N2O.C7H8N2O/c1-11(2)9(12)10-8-6-4-3-5-7-8;8-7(10)9-6-4-2-1-3-5-6/h3-7H,1-2H3,(H,10,12);1-5H,(H3,8,9,10). The van der Waals surface area contributed by atoms with Crippen molar-refractivity contribution in [2.24, 2.45) is 5.73 Å². The predicted molar refractivity (Wildman–Crippen MR) is 88.8 cm³/mol. The zero-order valence-corrected chi connectivity index (χ0v) is 12.6. The van der Waals surface area contributed by atoms with Crippen LogP contribution in [-0.2, 0) is 0 Å². The summed E-state index contributed by atoms with van der Waals surface area (Å²) < 4.78 is 0. The van der Waals surface area contributed by atoms with Crippen LogP contribution in [0.25, 0.3) is 0 Å². The van der Waals surface area contributed by atoms with E-state index in [0.717, 1.165) is 11.4 Å². The fraction of sp³-hybridized carbons (Fsp3) is 0.125. The summed E-state index contributed by atoms with van der Waals surface area (Å²) in [5.41, 5.74) is 6.41. The van der Waals surface area contributed by atoms with Gasteiger partial charge in [-0.3, -0.25) is 0 Å². The molecular formula is C16H20N4O2. The number of carbonyl (C=O) groups is 2. The Balaban J connectivity index is 0.000000224. The minimum atomic E-state index is -0.536. The molecule has 0 aliphatic rings. The minimum Gasteiger partial charge on any atom is -0.351 e. The lowest BCUT2D eigenvalue weighted by molar-refractivity contribution is 0.230. The molecule has 6 nitrogen and oxygen atoms in total. The van der Waals surface area contributed by atoms with Crippen LogP contribution < -0.4 is 16.4 Å². The van der Waals surface area contributed by atoms with Crippen molar-refractivity contribution < 1.29 is 9.59 Å². The van der Waals surface area contributed by atoms with Gasteiger partial charge in [0.05, 0.1) is 0 Å². The highest BCUT2D eigenvalue weighted by Crippen LogP contribution is 2.05. The molecule has 0 saturated heterocycles. The summed E-state index contributed by atoms with van der Waals surface area (Å²) in [7, 11) is 3.41. The molecule has 0 radical (unpaired) electrons. The number of amides is 4. The van der Waals surface area contributed by atoms with Crippen LogP contribution in [0.5, 0.6) is 0 Å². The highest BCUT2D eigenvalue weighted by atomic mass is 16.2. The predicted octanol–water partition coefficient (Wildman–Crippen LogP) is 2.96. The molecule has 0 aromatic heterocycles. The molecule has 0 bridgehead atoms. The Morgan fingerprint density at radius 3 is 1.59 bits per heavy atom. The van der Waals surface area contributed by atoms with Crippen LogP contribution in [0.15, 0.2) is 60.7 Å². The molecule has 0 heterocycles. The van der Waals surface area contributed by atoms with E-state index in [9.17, 15) is 9.59 Å². The average Bonchev–Trinajstić information content (AvgIpc) is 2.49. The Bertz CT molecular complexity index is 586. The molecule has 22 heavy (non-hydrogen) atoms. The molecule has 6 heteroatoms. The van der Waals surface area contributed by atoms with Gasteiger partial charge in [-0.05, 0) is 24.3 Å². The number of rotatable bonds is 2. The second kappa shape index (κ2) is 9.02. The van der Waals surface area contributed by atoms with Crippen molar-refractivity contribution in [1.82, 2.24) is 4.90 Å². The molecule has 4 amide bonds. The molecule has 116 valence electrons. The molecular weight excluding hydrogens is 280 g/mol. The van der Waals surface area contributed by atoms with E-state index in [0.29, 0.717) is 0 Å². The SMILES string of the molecule is CN(C)C(=O)Nc1ccccc1.NC(=O)Nc1ccccc1. The number of hydrogen-bond acceptors (Lipinski definition) is 2. The summed E-state index contributed by atoms with van der Waals surface area (Å²) >= 11 is 0. The first-order chi connectivity index (χ1) is 10.5. The highest BCUT2D eigenvalue weighted by Gasteiger charge is 2.01. The van der Waals surface area contributed by atoms with E-state index < -0.39 is 6.03 Å². The van der Waals surface area contributed by atoms with Crippen LogP contribution in [0.2, 0.25) is 0 Å². The normalized spacial score (nSPS) is 9.00. The number of nitrogens with zero attached hydrogens (tertiary/aromatic N) is 1. The third-order valence-corrected chi connectivity index (χ3v) is 2.47. The molecule has 0 saturated carbocycles. The van der Waals surface area contributed by atoms with Crippen molar-refractivity contribution in [2.45, 2.75) is 0 Å². The van der Waals surface area contributed by atoms with E-state index in [1.54, 1.807) is 26.2 Å². The van der Waals surface area contributed by atoms with Crippen molar-refractivity contribution in [3.8, 4) is 0 Å². The minimum absolute atomic E-state index is 0.110. The smallest absolute Gasteiger partial charge is 0.321 e. The molecule has 2 aromatic rings. The molecule has 4 N–H and O–H groups in total. The summed E-state index contributed by atoms with van der Waals surface area (Å²) in [4.78, 5) is 22.9. The maximum atomic E-state index is 11.1. The largest absolute Gasteiger partial charge is 0.351 e. The fourth-order valence-electron chi connectivity index (χ4n) is 1.42. The first-order valence-electron chi connectivity index (χ1n) is 6.64. The number of benzene rings is 2. The third kappa shape index (κ3) is 6.95. The lowest BCUT2D eigenvalue weighted by atomic mass is 10.3. The molecule has 0 atom stereocenters. The summed E-state index contributed by atoms with van der Waals surface area (Å²) in [6.45, 7) is 0. The number of primary amides is 1. The second-order valence-corrected chi connectivity index (χ2v) is 4.55. The Labute approximate surface area is 129 Å². The highest BCUT2D eigenvalue weighted by molar-refractivity contribution is 5.88. The topological polar surface area (TPSA) is 87.5 Å². The van der Waals surface area contributed by atoms with Crippen LogP contribution in [0, 0.1) is 0 Å². The fourth-order valence-corrected chi connectivity index (χ4v) is 1.42. The Morgan fingerprint density at radius 1 is 0.818 bits per heavy atom. The lowest BCUT2D eigenvalue weighted by Crippen LogP contribution is -2.27. The van der Waals surface area contributed by atoms with Crippen LogP contribution in [0.4, 0.5) is 21.0 Å². The van der Waals surface area contributed by atoms with Crippen molar-refractivity contribution >= 4 is 23.4 Å². The van der Waals surface area contributed by atoms with Crippen LogP contribution >= 0.6 is 0 Å². The van der Waals surface area contributed by atoms with Crippen LogP contribution in [0.1, 0.15) is 0 Å². The van der Waals surface area contributed by atoms with Gasteiger partial charge >= 0.3 is 12.1 Å². The van der Waals surface area contributed by atoms with Gasteiger partial charge in [0.1, 0.15) is 0 Å². The van der Waals surface area contributed by atoms with Crippen molar-refractivity contribution in [3.05, 3.63) is 60.7 Å². The maximum Gasteiger partial charge on any atom is 0.321 e. The summed E-state index contributed by atoms with van der Waals surface area (Å²) in [6.07, 6.45) is 0. The monoisotopic (exact) mass is 300 g/mol. The van der Waals surface area contributed by atoms with E-state index in [1.807, 2.05) is 48.5 Å². The third-order valence-electron chi connectivity index (χ3n) is 2.47. The maximum absolute atomic E-state index is 11.1. The van der Waals surface area contributed by atoms with Gasteiger partial charge in [-0.25, -0.2) is 9.59 Å². The molecule has 2 rings (SSSR count). The van der Waals surface area contributed by atoms with E-state index >= 15 is 0 Å². The van der Waals surface area contributed by atoms with Gasteiger partial charge in [-0.15, -0.1) is 0 Å². The van der Waals surface area contributed by atoms with Gasteiger partial charge in [0.25, 0.3) is 0 Å². The molecule has 0 unspecified atom stereocenters. The number of nitrogens with one attached hydrogen (secondary N) is 2. The zero-order chi connectivity index (χ0) is 16.4. The van der Waals surface area contributed by atoms with Gasteiger partial charge in [-0.1, -0.05) is 36.4 Å². The summed E-state index contributed by atoms with van der Waals surface area (Å²) in [5.74, 6) is 0. The van der Waals surface area contributed by atoms with Crippen LogP contribution in [-0.4, -0.2) is 31.1 Å². The van der Waals surface area contributed by atoms with Crippen molar-refractivity contribution in [1.29, 1.82) is 0 Å². The van der Waals surface area contributed by atoms with Crippen molar-refractivity contribution in [2.75, 3.05) is 24.7 Å². The number of para-hydroxylation sites is 2. The molecule has 0 fully saturated rings. The lowest BCUT2D eigenvalue weighted by Gasteiger charge is -2.11. The Kier molecular flexibility index (Phi) is 6.98. The zero-order valence-electron chi connectivity index (χ0n) is 12.6. The molecule has 0 aliphatic heterocycles. The second-order valence-electron chi connectivity index (χ2n) is 4.55. The van der Waals surface area contributed by atoms with Gasteiger partial charge in [0, 0.05) is 25.5 Å². The Morgan fingerprint density at radius 2 is 1.23 bits per heavy atom. The number of hydrogen-bond donors (Lipinski definition) is 3. The van der Waals surface area contributed by atoms with E-state index in [-0.39, 0.29) is 6.03 Å². The first kappa shape index (κ1) is 17.0. The van der Waals surface area contributed by atoms with Gasteiger partial charge in [-0.2, -0.15) is 0 Å². The number of carbonyl (C=O) groups excluding carboxylic acids is 2. The average molecular weight is 300 g/mol. The Hall–Kier alpha value is -3.02.